The molecule has 0 aliphatic heterocycles. The van der Waals surface area contributed by atoms with Crippen LogP contribution in [0.3, 0.4) is 0 Å². The summed E-state index contributed by atoms with van der Waals surface area (Å²) in [6.07, 6.45) is 0.936. The molecule has 0 spiro atoms. The first-order valence-corrected chi connectivity index (χ1v) is 6.74. The molecular formula is C15H24N2O4. The maximum Gasteiger partial charge on any atom is 0.320 e. The Morgan fingerprint density at radius 2 is 1.48 bits per heavy atom. The molecule has 0 radical (unpaired) electrons. The summed E-state index contributed by atoms with van der Waals surface area (Å²) in [5.41, 5.74) is 11.5. The second-order valence-electron chi connectivity index (χ2n) is 5.21. The third-order valence-corrected chi connectivity index (χ3v) is 2.66. The van der Waals surface area contributed by atoms with Crippen molar-refractivity contribution in [3.63, 3.8) is 0 Å². The molecule has 0 saturated carbocycles. The van der Waals surface area contributed by atoms with Crippen molar-refractivity contribution in [3.8, 4) is 0 Å². The van der Waals surface area contributed by atoms with Crippen molar-refractivity contribution >= 4 is 11.9 Å². The average Bonchev–Trinajstić information content (AvgIpc) is 2.39. The van der Waals surface area contributed by atoms with Crippen LogP contribution in [0.5, 0.6) is 0 Å². The van der Waals surface area contributed by atoms with E-state index in [0.29, 0.717) is 18.8 Å². The van der Waals surface area contributed by atoms with Crippen LogP contribution in [0.2, 0.25) is 0 Å². The smallest absolute Gasteiger partial charge is 0.320 e. The van der Waals surface area contributed by atoms with Gasteiger partial charge in [-0.15, -0.1) is 0 Å². The Labute approximate surface area is 124 Å². The molecule has 118 valence electrons. The number of benzene rings is 1. The summed E-state index contributed by atoms with van der Waals surface area (Å²) in [6, 6.07) is 7.85. The van der Waals surface area contributed by atoms with Gasteiger partial charge in [0.2, 0.25) is 0 Å². The zero-order valence-electron chi connectivity index (χ0n) is 12.4. The second kappa shape index (κ2) is 9.90. The van der Waals surface area contributed by atoms with Crippen molar-refractivity contribution in [2.24, 2.45) is 17.4 Å². The summed E-state index contributed by atoms with van der Waals surface area (Å²) < 4.78 is 0. The number of carboxylic acid groups (broad SMARTS) is 2. The summed E-state index contributed by atoms with van der Waals surface area (Å²) in [5.74, 6) is -1.52. The first kappa shape index (κ1) is 19.1. The molecule has 0 bridgehead atoms. The summed E-state index contributed by atoms with van der Waals surface area (Å²) in [7, 11) is 0. The van der Waals surface area contributed by atoms with E-state index >= 15 is 0 Å². The molecule has 0 aromatic heterocycles. The van der Waals surface area contributed by atoms with E-state index in [4.69, 9.17) is 21.7 Å². The number of aliphatic carboxylic acids is 2. The number of carboxylic acids is 2. The van der Waals surface area contributed by atoms with Crippen LogP contribution in [0, 0.1) is 5.92 Å². The van der Waals surface area contributed by atoms with Gasteiger partial charge in [-0.05, 0) is 24.3 Å². The molecule has 1 aromatic carbocycles. The van der Waals surface area contributed by atoms with E-state index in [-0.39, 0.29) is 0 Å². The second-order valence-corrected chi connectivity index (χ2v) is 5.21. The lowest BCUT2D eigenvalue weighted by Gasteiger charge is -2.07. The molecule has 6 heteroatoms. The van der Waals surface area contributed by atoms with E-state index in [1.54, 1.807) is 0 Å². The monoisotopic (exact) mass is 296 g/mol. The van der Waals surface area contributed by atoms with Gasteiger partial charge in [-0.25, -0.2) is 0 Å². The average molecular weight is 296 g/mol. The highest BCUT2D eigenvalue weighted by molar-refractivity contribution is 5.73. The van der Waals surface area contributed by atoms with Crippen LogP contribution >= 0.6 is 0 Å². The van der Waals surface area contributed by atoms with Gasteiger partial charge in [-0.2, -0.15) is 0 Å². The van der Waals surface area contributed by atoms with E-state index in [9.17, 15) is 9.59 Å². The minimum absolute atomic E-state index is 0.357. The standard InChI is InChI=1S/C9H11NO2.C6H13NO2/c10-8(9(11)12)6-7-4-2-1-3-5-7;1-4(2)3-5(7)6(8)9/h1-5,8H,6,10H2,(H,11,12);4-5H,3,7H2,1-2H3,(H,8,9). The van der Waals surface area contributed by atoms with E-state index in [1.807, 2.05) is 44.2 Å². The first-order valence-electron chi connectivity index (χ1n) is 6.74. The predicted octanol–water partition coefficient (Wildman–Crippen LogP) is 1.09. The molecule has 2 atom stereocenters. The van der Waals surface area contributed by atoms with Gasteiger partial charge in [0, 0.05) is 0 Å². The number of carbonyl (C=O) groups is 2. The molecule has 0 heterocycles. The van der Waals surface area contributed by atoms with E-state index in [0.717, 1.165) is 5.56 Å². The highest BCUT2D eigenvalue weighted by atomic mass is 16.4. The van der Waals surface area contributed by atoms with E-state index < -0.39 is 24.0 Å². The van der Waals surface area contributed by atoms with Crippen LogP contribution < -0.4 is 11.5 Å². The third kappa shape index (κ3) is 9.59. The fourth-order valence-electron chi connectivity index (χ4n) is 1.56. The quantitative estimate of drug-likeness (QED) is 0.622. The fourth-order valence-corrected chi connectivity index (χ4v) is 1.56. The Morgan fingerprint density at radius 1 is 1.00 bits per heavy atom. The molecule has 6 N–H and O–H groups in total. The van der Waals surface area contributed by atoms with Crippen molar-refractivity contribution in [1.29, 1.82) is 0 Å². The predicted molar refractivity (Wildman–Crippen MR) is 80.8 cm³/mol. The minimum atomic E-state index is -0.959. The van der Waals surface area contributed by atoms with Gasteiger partial charge >= 0.3 is 11.9 Å². The molecule has 1 rings (SSSR count). The van der Waals surface area contributed by atoms with Crippen molar-refractivity contribution in [2.75, 3.05) is 0 Å². The van der Waals surface area contributed by atoms with Gasteiger partial charge < -0.3 is 21.7 Å². The lowest BCUT2D eigenvalue weighted by atomic mass is 10.1. The molecule has 0 fully saturated rings. The van der Waals surface area contributed by atoms with Crippen molar-refractivity contribution < 1.29 is 19.8 Å². The van der Waals surface area contributed by atoms with Crippen LogP contribution in [0.1, 0.15) is 25.8 Å². The molecule has 0 aliphatic rings. The molecular weight excluding hydrogens is 272 g/mol. The first-order chi connectivity index (χ1) is 9.73. The van der Waals surface area contributed by atoms with E-state index in [2.05, 4.69) is 0 Å². The molecule has 1 aromatic rings. The summed E-state index contributed by atoms with van der Waals surface area (Å²) in [4.78, 5) is 20.5. The van der Waals surface area contributed by atoms with Crippen LogP contribution in [-0.2, 0) is 16.0 Å². The fraction of sp³-hybridized carbons (Fsp3) is 0.467. The number of hydrogen-bond acceptors (Lipinski definition) is 4. The zero-order chi connectivity index (χ0) is 16.4. The van der Waals surface area contributed by atoms with Gasteiger partial charge in [-0.3, -0.25) is 9.59 Å². The van der Waals surface area contributed by atoms with Gasteiger partial charge in [0.15, 0.2) is 0 Å². The van der Waals surface area contributed by atoms with Crippen molar-refractivity contribution in [3.05, 3.63) is 35.9 Å². The molecule has 0 saturated heterocycles. The molecule has 0 amide bonds. The van der Waals surface area contributed by atoms with Crippen LogP contribution in [0.15, 0.2) is 30.3 Å². The topological polar surface area (TPSA) is 127 Å². The van der Waals surface area contributed by atoms with Crippen molar-refractivity contribution in [2.45, 2.75) is 38.8 Å². The Hall–Kier alpha value is -1.92. The lowest BCUT2D eigenvalue weighted by molar-refractivity contribution is -0.139. The van der Waals surface area contributed by atoms with Gasteiger partial charge in [0.1, 0.15) is 12.1 Å². The minimum Gasteiger partial charge on any atom is -0.480 e. The van der Waals surface area contributed by atoms with Gasteiger partial charge in [0.25, 0.3) is 0 Å². The van der Waals surface area contributed by atoms with Crippen LogP contribution in [0.4, 0.5) is 0 Å². The third-order valence-electron chi connectivity index (χ3n) is 2.66. The molecule has 21 heavy (non-hydrogen) atoms. The Morgan fingerprint density at radius 3 is 1.81 bits per heavy atom. The summed E-state index contributed by atoms with van der Waals surface area (Å²) >= 11 is 0. The maximum absolute atomic E-state index is 10.4. The Balaban J connectivity index is 0.000000400. The summed E-state index contributed by atoms with van der Waals surface area (Å²) in [5, 5.41) is 16.8. The highest BCUT2D eigenvalue weighted by Crippen LogP contribution is 2.02. The van der Waals surface area contributed by atoms with Gasteiger partial charge in [0.05, 0.1) is 0 Å². The normalized spacial score (nSPS) is 13.0. The maximum atomic E-state index is 10.4. The number of nitrogens with two attached hydrogens (primary N) is 2. The Bertz CT molecular complexity index is 435. The molecule has 0 aliphatic carbocycles. The van der Waals surface area contributed by atoms with E-state index in [1.165, 1.54) is 0 Å². The number of hydrogen-bond donors (Lipinski definition) is 4. The van der Waals surface area contributed by atoms with Gasteiger partial charge in [-0.1, -0.05) is 44.2 Å². The van der Waals surface area contributed by atoms with Crippen molar-refractivity contribution in [1.82, 2.24) is 0 Å². The Kier molecular flexibility index (Phi) is 9.00. The highest BCUT2D eigenvalue weighted by Gasteiger charge is 2.12. The van der Waals surface area contributed by atoms with Crippen LogP contribution in [-0.4, -0.2) is 34.2 Å². The molecule has 2 unspecified atom stereocenters. The zero-order valence-corrected chi connectivity index (χ0v) is 12.4. The summed E-state index contributed by atoms with van der Waals surface area (Å²) in [6.45, 7) is 3.89. The molecule has 6 nitrogen and oxygen atoms in total. The largest absolute Gasteiger partial charge is 0.480 e. The lowest BCUT2D eigenvalue weighted by Crippen LogP contribution is -2.32. The number of rotatable bonds is 6. The van der Waals surface area contributed by atoms with Crippen LogP contribution in [0.25, 0.3) is 0 Å². The SMILES string of the molecule is CC(C)CC(N)C(=O)O.NC(Cc1ccccc1)C(=O)O.